The highest BCUT2D eigenvalue weighted by atomic mass is 127. The van der Waals surface area contributed by atoms with Crippen LogP contribution in [0.25, 0.3) is 10.9 Å². The van der Waals surface area contributed by atoms with Gasteiger partial charge in [-0.25, -0.2) is 4.98 Å². The first kappa shape index (κ1) is 24.4. The summed E-state index contributed by atoms with van der Waals surface area (Å²) < 4.78 is 5.73. The first-order valence-electron chi connectivity index (χ1n) is 11.0. The van der Waals surface area contributed by atoms with Crippen molar-refractivity contribution in [1.29, 1.82) is 0 Å². The zero-order valence-electron chi connectivity index (χ0n) is 19.1. The van der Waals surface area contributed by atoms with E-state index in [1.54, 1.807) is 0 Å². The zero-order valence-corrected chi connectivity index (χ0v) is 21.4. The maximum atomic E-state index is 5.73. The predicted octanol–water partition coefficient (Wildman–Crippen LogP) is 4.03. The van der Waals surface area contributed by atoms with Gasteiger partial charge in [0.1, 0.15) is 5.76 Å². The smallest absolute Gasteiger partial charge is 0.208 e. The van der Waals surface area contributed by atoms with Crippen LogP contribution in [0.2, 0.25) is 0 Å². The lowest BCUT2D eigenvalue weighted by molar-refractivity contribution is 0.164. The van der Waals surface area contributed by atoms with E-state index in [4.69, 9.17) is 4.42 Å². The molecule has 1 aromatic carbocycles. The van der Waals surface area contributed by atoms with Gasteiger partial charge < -0.3 is 15.1 Å². The van der Waals surface area contributed by atoms with Crippen LogP contribution < -0.4 is 10.6 Å². The number of hydrogen-bond acceptors (Lipinski definition) is 5. The molecule has 3 aromatic rings. The number of likely N-dealkylation sites (tertiary alicyclic amines) is 1. The van der Waals surface area contributed by atoms with Gasteiger partial charge in [-0.1, -0.05) is 18.2 Å². The Morgan fingerprint density at radius 2 is 1.94 bits per heavy atom. The monoisotopic (exact) mass is 548 g/mol. The molecule has 1 aliphatic rings. The first-order valence-corrected chi connectivity index (χ1v) is 11.0. The van der Waals surface area contributed by atoms with Crippen LogP contribution in [-0.2, 0) is 13.1 Å². The second kappa shape index (κ2) is 11.6. The minimum atomic E-state index is 0. The molecule has 2 aromatic heterocycles. The minimum Gasteiger partial charge on any atom is -0.444 e. The number of fused-ring (bicyclic) bond motifs is 1. The quantitative estimate of drug-likeness (QED) is 0.275. The van der Waals surface area contributed by atoms with Gasteiger partial charge in [0.15, 0.2) is 5.96 Å². The van der Waals surface area contributed by atoms with Crippen molar-refractivity contribution in [3.05, 3.63) is 59.4 Å². The van der Waals surface area contributed by atoms with Gasteiger partial charge in [-0.3, -0.25) is 14.9 Å². The van der Waals surface area contributed by atoms with E-state index in [9.17, 15) is 0 Å². The number of benzene rings is 1. The van der Waals surface area contributed by atoms with Crippen LogP contribution in [0, 0.1) is 19.8 Å². The Bertz CT molecular complexity index is 1020. The summed E-state index contributed by atoms with van der Waals surface area (Å²) in [5.41, 5.74) is 3.23. The number of nitrogens with zero attached hydrogens (tertiary/aromatic N) is 4. The number of para-hydroxylation sites is 1. The molecule has 3 heterocycles. The Labute approximate surface area is 207 Å². The fourth-order valence-corrected chi connectivity index (χ4v) is 4.10. The lowest BCUT2D eigenvalue weighted by Crippen LogP contribution is -2.42. The van der Waals surface area contributed by atoms with E-state index in [0.717, 1.165) is 74.4 Å². The SMILES string of the molecule is CN=C(NCc1ccnc2ccccc12)NCC1CCN(Cc2nc(C)c(C)o2)CC1.I. The number of aromatic nitrogens is 2. The van der Waals surface area contributed by atoms with Gasteiger partial charge in [0.25, 0.3) is 0 Å². The Morgan fingerprint density at radius 3 is 2.66 bits per heavy atom. The van der Waals surface area contributed by atoms with Gasteiger partial charge in [0, 0.05) is 31.7 Å². The summed E-state index contributed by atoms with van der Waals surface area (Å²) in [5.74, 6) is 3.24. The van der Waals surface area contributed by atoms with Crippen LogP contribution in [-0.4, -0.2) is 47.5 Å². The molecule has 0 atom stereocenters. The highest BCUT2D eigenvalue weighted by Crippen LogP contribution is 2.19. The normalized spacial score (nSPS) is 15.5. The molecule has 7 nitrogen and oxygen atoms in total. The maximum absolute atomic E-state index is 5.73. The van der Waals surface area contributed by atoms with Gasteiger partial charge in [-0.2, -0.15) is 0 Å². The Morgan fingerprint density at radius 1 is 1.16 bits per heavy atom. The number of piperidine rings is 1. The maximum Gasteiger partial charge on any atom is 0.208 e. The third kappa shape index (κ3) is 6.19. The van der Waals surface area contributed by atoms with Crippen LogP contribution in [0.3, 0.4) is 0 Å². The zero-order chi connectivity index (χ0) is 21.6. The van der Waals surface area contributed by atoms with Crippen molar-refractivity contribution in [2.24, 2.45) is 10.9 Å². The molecule has 1 aliphatic heterocycles. The average molecular weight is 548 g/mol. The Balaban J connectivity index is 0.00000289. The summed E-state index contributed by atoms with van der Waals surface area (Å²) in [5, 5.41) is 8.13. The van der Waals surface area contributed by atoms with E-state index in [-0.39, 0.29) is 24.0 Å². The molecule has 32 heavy (non-hydrogen) atoms. The van der Waals surface area contributed by atoms with Gasteiger partial charge in [0.2, 0.25) is 5.89 Å². The minimum absolute atomic E-state index is 0. The van der Waals surface area contributed by atoms with E-state index in [1.807, 2.05) is 39.2 Å². The van der Waals surface area contributed by atoms with Gasteiger partial charge >= 0.3 is 0 Å². The molecule has 0 bridgehead atoms. The van der Waals surface area contributed by atoms with Crippen LogP contribution >= 0.6 is 24.0 Å². The molecule has 0 saturated carbocycles. The lowest BCUT2D eigenvalue weighted by atomic mass is 9.97. The number of nitrogens with one attached hydrogen (secondary N) is 2. The van der Waals surface area contributed by atoms with Crippen molar-refractivity contribution in [2.75, 3.05) is 26.7 Å². The fraction of sp³-hybridized carbons (Fsp3) is 0.458. The van der Waals surface area contributed by atoms with Crippen molar-refractivity contribution in [2.45, 2.75) is 39.8 Å². The highest BCUT2D eigenvalue weighted by molar-refractivity contribution is 14.0. The van der Waals surface area contributed by atoms with Crippen molar-refractivity contribution in [3.63, 3.8) is 0 Å². The third-order valence-electron chi connectivity index (χ3n) is 6.11. The fourth-order valence-electron chi connectivity index (χ4n) is 4.10. The van der Waals surface area contributed by atoms with E-state index in [2.05, 4.69) is 48.7 Å². The van der Waals surface area contributed by atoms with E-state index >= 15 is 0 Å². The predicted molar refractivity (Wildman–Crippen MR) is 139 cm³/mol. The standard InChI is InChI=1S/C24H32N6O.HI/c1-17-18(2)31-23(29-17)16-30-12-9-19(10-13-30)14-27-24(25-3)28-15-20-8-11-26-22-7-5-4-6-21(20)22;/h4-8,11,19H,9-10,12-16H2,1-3H3,(H2,25,27,28);1H. The molecule has 0 amide bonds. The molecule has 8 heteroatoms. The lowest BCUT2D eigenvalue weighted by Gasteiger charge is -2.31. The number of aliphatic imine (C=N–C) groups is 1. The molecule has 0 unspecified atom stereocenters. The van der Waals surface area contributed by atoms with E-state index < -0.39 is 0 Å². The van der Waals surface area contributed by atoms with Crippen LogP contribution in [0.15, 0.2) is 45.9 Å². The number of halogens is 1. The van der Waals surface area contributed by atoms with E-state index in [0.29, 0.717) is 5.92 Å². The molecule has 2 N–H and O–H groups in total. The first-order chi connectivity index (χ1) is 15.1. The average Bonchev–Trinajstić information content (AvgIpc) is 3.11. The number of rotatable bonds is 6. The number of aryl methyl sites for hydroxylation is 2. The molecule has 0 aliphatic carbocycles. The summed E-state index contributed by atoms with van der Waals surface area (Å²) in [6.07, 6.45) is 4.19. The topological polar surface area (TPSA) is 78.6 Å². The van der Waals surface area contributed by atoms with Crippen molar-refractivity contribution in [3.8, 4) is 0 Å². The number of oxazole rings is 1. The summed E-state index contributed by atoms with van der Waals surface area (Å²) >= 11 is 0. The number of guanidine groups is 1. The van der Waals surface area contributed by atoms with Gasteiger partial charge in [0.05, 0.1) is 17.8 Å². The second-order valence-electron chi connectivity index (χ2n) is 8.26. The molecule has 1 saturated heterocycles. The third-order valence-corrected chi connectivity index (χ3v) is 6.11. The second-order valence-corrected chi connectivity index (χ2v) is 8.26. The summed E-state index contributed by atoms with van der Waals surface area (Å²) in [6.45, 7) is 8.57. The number of pyridine rings is 1. The van der Waals surface area contributed by atoms with E-state index in [1.165, 1.54) is 10.9 Å². The molecule has 0 spiro atoms. The van der Waals surface area contributed by atoms with Gasteiger partial charge in [-0.05, 0) is 63.4 Å². The molecular weight excluding hydrogens is 515 g/mol. The van der Waals surface area contributed by atoms with Crippen LogP contribution in [0.4, 0.5) is 0 Å². The van der Waals surface area contributed by atoms with Crippen molar-refractivity contribution in [1.82, 2.24) is 25.5 Å². The van der Waals surface area contributed by atoms with Crippen LogP contribution in [0.5, 0.6) is 0 Å². The van der Waals surface area contributed by atoms with Crippen molar-refractivity contribution >= 4 is 40.8 Å². The van der Waals surface area contributed by atoms with Crippen LogP contribution in [0.1, 0.15) is 35.7 Å². The molecule has 172 valence electrons. The Kier molecular flexibility index (Phi) is 8.86. The summed E-state index contributed by atoms with van der Waals surface area (Å²) in [6, 6.07) is 10.3. The molecular formula is C24H33IN6O. The van der Waals surface area contributed by atoms with Gasteiger partial charge in [-0.15, -0.1) is 24.0 Å². The van der Waals surface area contributed by atoms with Crippen molar-refractivity contribution < 1.29 is 4.42 Å². The Hall–Kier alpha value is -2.20. The molecule has 4 rings (SSSR count). The highest BCUT2D eigenvalue weighted by Gasteiger charge is 2.21. The largest absolute Gasteiger partial charge is 0.444 e. The molecule has 0 radical (unpaired) electrons. The molecule has 1 fully saturated rings. The summed E-state index contributed by atoms with van der Waals surface area (Å²) in [7, 11) is 1.82. The summed E-state index contributed by atoms with van der Waals surface area (Å²) in [4.78, 5) is 15.8. The number of hydrogen-bond donors (Lipinski definition) is 2.